The number of hydrogen-bond acceptors (Lipinski definition) is 6. The Morgan fingerprint density at radius 2 is 1.81 bits per heavy atom. The number of fused-ring (bicyclic) bond motifs is 1. The van der Waals surface area contributed by atoms with Crippen LogP contribution in [0, 0.1) is 24.1 Å². The molecule has 7 nitrogen and oxygen atoms in total. The highest BCUT2D eigenvalue weighted by Gasteiger charge is 2.20. The summed E-state index contributed by atoms with van der Waals surface area (Å²) in [4.78, 5) is 12.3. The lowest BCUT2D eigenvalue weighted by Crippen LogP contribution is -2.04. The van der Waals surface area contributed by atoms with E-state index in [-0.39, 0.29) is 12.4 Å². The lowest BCUT2D eigenvalue weighted by atomic mass is 10.1. The molecule has 0 atom stereocenters. The first kappa shape index (κ1) is 20.9. The van der Waals surface area contributed by atoms with Gasteiger partial charge in [0.25, 0.3) is 0 Å². The van der Waals surface area contributed by atoms with Crippen LogP contribution in [0.3, 0.4) is 0 Å². The Morgan fingerprint density at radius 1 is 1.16 bits per heavy atom. The number of carbonyl (C=O) groups is 1. The first-order valence-corrected chi connectivity index (χ1v) is 9.88. The van der Waals surface area contributed by atoms with Gasteiger partial charge >= 0.3 is 5.97 Å². The molecule has 160 valence electrons. The van der Waals surface area contributed by atoms with Crippen LogP contribution in [0.15, 0.2) is 60.9 Å². The number of carbonyl (C=O) groups excluding carboxylic acids is 1. The van der Waals surface area contributed by atoms with E-state index in [4.69, 9.17) is 9.47 Å². The average Bonchev–Trinajstić information content (AvgIpc) is 3.14. The molecule has 0 spiro atoms. The van der Waals surface area contributed by atoms with Crippen LogP contribution in [0.2, 0.25) is 0 Å². The zero-order valence-corrected chi connectivity index (χ0v) is 17.4. The third-order valence-corrected chi connectivity index (χ3v) is 4.85. The maximum absolute atomic E-state index is 13.1. The Balaban J connectivity index is 1.65. The minimum absolute atomic E-state index is 0.263. The van der Waals surface area contributed by atoms with Crippen molar-refractivity contribution in [2.24, 2.45) is 0 Å². The van der Waals surface area contributed by atoms with Crippen LogP contribution in [0.5, 0.6) is 11.5 Å². The van der Waals surface area contributed by atoms with Gasteiger partial charge in [-0.15, -0.1) is 0 Å². The fourth-order valence-corrected chi connectivity index (χ4v) is 3.30. The van der Waals surface area contributed by atoms with Gasteiger partial charge in [-0.05, 0) is 67.9 Å². The molecule has 0 saturated carbocycles. The quantitative estimate of drug-likeness (QED) is 0.414. The van der Waals surface area contributed by atoms with Gasteiger partial charge in [0, 0.05) is 11.9 Å². The lowest BCUT2D eigenvalue weighted by Gasteiger charge is -2.12. The van der Waals surface area contributed by atoms with E-state index in [9.17, 15) is 14.4 Å². The summed E-state index contributed by atoms with van der Waals surface area (Å²) >= 11 is 0. The molecule has 4 aromatic rings. The standard InChI is InChI=1S/C24H19FN4O3/c1-3-31-24(30)21-14-29-23(15(21)2)22(16(12-26)13-27-29)28-18-6-10-20(11-7-18)32-19-8-4-17(25)5-9-19/h4-11,13-14,28H,3H2,1-2H3. The molecule has 32 heavy (non-hydrogen) atoms. The predicted octanol–water partition coefficient (Wildman–Crippen LogP) is 5.37. The number of hydrogen-bond donors (Lipinski definition) is 1. The maximum atomic E-state index is 13.1. The molecule has 0 fully saturated rings. The molecule has 2 aromatic carbocycles. The molecule has 0 aliphatic heterocycles. The topological polar surface area (TPSA) is 88.7 Å². The van der Waals surface area contributed by atoms with Gasteiger partial charge in [0.15, 0.2) is 0 Å². The second kappa shape index (κ2) is 8.78. The van der Waals surface area contributed by atoms with E-state index < -0.39 is 5.97 Å². The molecular formula is C24H19FN4O3. The average molecular weight is 430 g/mol. The van der Waals surface area contributed by atoms with E-state index in [1.807, 2.05) is 0 Å². The summed E-state index contributed by atoms with van der Waals surface area (Å²) < 4.78 is 25.4. The van der Waals surface area contributed by atoms with Crippen LogP contribution in [0.4, 0.5) is 15.8 Å². The van der Waals surface area contributed by atoms with Gasteiger partial charge < -0.3 is 14.8 Å². The fraction of sp³-hybridized carbons (Fsp3) is 0.125. The van der Waals surface area contributed by atoms with Gasteiger partial charge in [0.05, 0.1) is 35.1 Å². The molecule has 8 heteroatoms. The fourth-order valence-electron chi connectivity index (χ4n) is 3.30. The van der Waals surface area contributed by atoms with E-state index in [0.717, 1.165) is 0 Å². The summed E-state index contributed by atoms with van der Waals surface area (Å²) in [6, 6.07) is 15.0. The van der Waals surface area contributed by atoms with Gasteiger partial charge in [-0.2, -0.15) is 10.4 Å². The summed E-state index contributed by atoms with van der Waals surface area (Å²) in [5.41, 5.74) is 3.23. The number of ether oxygens (including phenoxy) is 2. The second-order valence-corrected chi connectivity index (χ2v) is 6.93. The number of aryl methyl sites for hydroxylation is 1. The minimum atomic E-state index is -0.442. The van der Waals surface area contributed by atoms with Crippen molar-refractivity contribution in [3.05, 3.63) is 83.4 Å². The van der Waals surface area contributed by atoms with Crippen molar-refractivity contribution in [1.82, 2.24) is 9.61 Å². The predicted molar refractivity (Wildman–Crippen MR) is 117 cm³/mol. The number of benzene rings is 2. The van der Waals surface area contributed by atoms with Crippen LogP contribution >= 0.6 is 0 Å². The number of nitrogens with zero attached hydrogens (tertiary/aromatic N) is 3. The van der Waals surface area contributed by atoms with Crippen LogP contribution in [0.25, 0.3) is 5.52 Å². The molecule has 2 heterocycles. The normalized spacial score (nSPS) is 10.6. The molecule has 0 radical (unpaired) electrons. The second-order valence-electron chi connectivity index (χ2n) is 6.93. The Kier molecular flexibility index (Phi) is 5.73. The third-order valence-electron chi connectivity index (χ3n) is 4.85. The van der Waals surface area contributed by atoms with E-state index in [0.29, 0.717) is 45.1 Å². The van der Waals surface area contributed by atoms with Gasteiger partial charge in [0.2, 0.25) is 0 Å². The lowest BCUT2D eigenvalue weighted by molar-refractivity contribution is 0.0525. The van der Waals surface area contributed by atoms with Crippen molar-refractivity contribution in [2.45, 2.75) is 13.8 Å². The summed E-state index contributed by atoms with van der Waals surface area (Å²) in [6.45, 7) is 3.79. The number of aromatic nitrogens is 2. The van der Waals surface area contributed by atoms with Crippen LogP contribution < -0.4 is 10.1 Å². The Bertz CT molecular complexity index is 1320. The molecule has 1 N–H and O–H groups in total. The highest BCUT2D eigenvalue weighted by molar-refractivity contribution is 5.97. The molecule has 0 amide bonds. The van der Waals surface area contributed by atoms with E-state index in [2.05, 4.69) is 16.5 Å². The van der Waals surface area contributed by atoms with Gasteiger partial charge in [0.1, 0.15) is 23.4 Å². The third kappa shape index (κ3) is 4.09. The van der Waals surface area contributed by atoms with Crippen molar-refractivity contribution >= 4 is 22.9 Å². The maximum Gasteiger partial charge on any atom is 0.340 e. The van der Waals surface area contributed by atoms with Gasteiger partial charge in [-0.1, -0.05) is 0 Å². The first-order valence-electron chi connectivity index (χ1n) is 9.88. The summed E-state index contributed by atoms with van der Waals surface area (Å²) in [5, 5.41) is 17.1. The highest BCUT2D eigenvalue weighted by atomic mass is 19.1. The smallest absolute Gasteiger partial charge is 0.340 e. The van der Waals surface area contributed by atoms with Crippen molar-refractivity contribution < 1.29 is 18.7 Å². The monoisotopic (exact) mass is 430 g/mol. The number of esters is 1. The number of nitrogens with one attached hydrogen (secondary N) is 1. The zero-order chi connectivity index (χ0) is 22.7. The first-order chi connectivity index (χ1) is 15.5. The Morgan fingerprint density at radius 3 is 2.44 bits per heavy atom. The Hall–Kier alpha value is -4.38. The summed E-state index contributed by atoms with van der Waals surface area (Å²) in [6.07, 6.45) is 3.03. The summed E-state index contributed by atoms with van der Waals surface area (Å²) in [5.74, 6) is 0.318. The number of rotatable bonds is 6. The molecule has 0 bridgehead atoms. The molecular weight excluding hydrogens is 411 g/mol. The van der Waals surface area contributed by atoms with Crippen molar-refractivity contribution in [1.29, 1.82) is 5.26 Å². The van der Waals surface area contributed by atoms with Crippen LogP contribution in [-0.2, 0) is 4.74 Å². The van der Waals surface area contributed by atoms with Crippen molar-refractivity contribution in [3.8, 4) is 17.6 Å². The SMILES string of the molecule is CCOC(=O)c1cn2ncc(C#N)c(Nc3ccc(Oc4ccc(F)cc4)cc3)c2c1C. The molecule has 0 aliphatic rings. The van der Waals surface area contributed by atoms with E-state index >= 15 is 0 Å². The largest absolute Gasteiger partial charge is 0.462 e. The molecule has 2 aromatic heterocycles. The van der Waals surface area contributed by atoms with Gasteiger partial charge in [-0.3, -0.25) is 0 Å². The molecule has 0 saturated heterocycles. The van der Waals surface area contributed by atoms with Crippen molar-refractivity contribution in [3.63, 3.8) is 0 Å². The van der Waals surface area contributed by atoms with Crippen LogP contribution in [0.1, 0.15) is 28.4 Å². The molecule has 0 unspecified atom stereocenters. The molecule has 4 rings (SSSR count). The highest BCUT2D eigenvalue weighted by Crippen LogP contribution is 2.31. The van der Waals surface area contributed by atoms with E-state index in [1.165, 1.54) is 18.3 Å². The van der Waals surface area contributed by atoms with Gasteiger partial charge in [-0.25, -0.2) is 13.7 Å². The van der Waals surface area contributed by atoms with Crippen molar-refractivity contribution in [2.75, 3.05) is 11.9 Å². The summed E-state index contributed by atoms with van der Waals surface area (Å²) in [7, 11) is 0. The molecule has 0 aliphatic carbocycles. The number of halogens is 1. The van der Waals surface area contributed by atoms with Crippen LogP contribution in [-0.4, -0.2) is 22.2 Å². The Labute approximate surface area is 183 Å². The zero-order valence-electron chi connectivity index (χ0n) is 17.4. The number of anilines is 2. The number of nitriles is 1. The minimum Gasteiger partial charge on any atom is -0.462 e. The van der Waals surface area contributed by atoms with E-state index in [1.54, 1.807) is 61.0 Å².